The largest absolute Gasteiger partial charge is 0.333 e. The molecule has 0 heterocycles. The molecule has 0 aromatic rings. The van der Waals surface area contributed by atoms with E-state index in [0.717, 1.165) is 0 Å². The molecule has 0 aliphatic heterocycles. The smallest absolute Gasteiger partial charge is 0.221 e. The van der Waals surface area contributed by atoms with Crippen LogP contribution < -0.4 is 5.73 Å². The minimum atomic E-state index is -0.491. The van der Waals surface area contributed by atoms with E-state index in [4.69, 9.17) is 0 Å². The van der Waals surface area contributed by atoms with Gasteiger partial charge in [0.25, 0.3) is 0 Å². The molecular weight excluding hydrogens is 142 g/mol. The molecule has 0 fully saturated rings. The first-order chi connectivity index (χ1) is 5.18. The Morgan fingerprint density at radius 1 is 1.36 bits per heavy atom. The van der Waals surface area contributed by atoms with Crippen LogP contribution in [0.1, 0.15) is 6.92 Å². The molecule has 0 atom stereocenters. The molecule has 0 bridgehead atoms. The number of rotatable bonds is 3. The van der Waals surface area contributed by atoms with E-state index < -0.39 is 11.6 Å². The molecule has 0 aromatic heterocycles. The van der Waals surface area contributed by atoms with Crippen molar-refractivity contribution in [2.24, 2.45) is 5.73 Å². The van der Waals surface area contributed by atoms with Gasteiger partial charge in [-0.15, -0.1) is 0 Å². The topological polar surface area (TPSA) is 60.2 Å². The number of ketones is 2. The second-order valence-corrected chi connectivity index (χ2v) is 1.52. The van der Waals surface area contributed by atoms with Gasteiger partial charge in [0.15, 0.2) is 5.78 Å². The molecule has 0 spiro atoms. The van der Waals surface area contributed by atoms with Gasteiger partial charge < -0.3 is 5.73 Å². The van der Waals surface area contributed by atoms with Gasteiger partial charge in [0.1, 0.15) is 0 Å². The lowest BCUT2D eigenvalue weighted by Crippen LogP contribution is -2.04. The molecule has 3 heteroatoms. The van der Waals surface area contributed by atoms with E-state index >= 15 is 0 Å². The molecule has 2 N–H and O–H groups in total. The van der Waals surface area contributed by atoms with Crippen molar-refractivity contribution in [1.29, 1.82) is 0 Å². The van der Waals surface area contributed by atoms with Crippen LogP contribution in [0.25, 0.3) is 0 Å². The summed E-state index contributed by atoms with van der Waals surface area (Å²) in [5, 5.41) is 0. The Morgan fingerprint density at radius 2 is 1.82 bits per heavy atom. The monoisotopic (exact) mass is 155 g/mol. The molecule has 0 aliphatic carbocycles. The summed E-state index contributed by atoms with van der Waals surface area (Å²) in [7, 11) is 1.50. The molecule has 0 amide bonds. The van der Waals surface area contributed by atoms with Crippen LogP contribution in [0.2, 0.25) is 0 Å². The van der Waals surface area contributed by atoms with Gasteiger partial charge in [-0.3, -0.25) is 9.59 Å². The van der Waals surface area contributed by atoms with Gasteiger partial charge >= 0.3 is 0 Å². The van der Waals surface area contributed by atoms with Crippen LogP contribution in [0.5, 0.6) is 0 Å². The Labute approximate surface area is 66.6 Å². The zero-order valence-electron chi connectivity index (χ0n) is 6.83. The molecule has 0 aliphatic rings. The fourth-order valence-electron chi connectivity index (χ4n) is 0.273. The number of carbonyl (C=O) groups excluding carboxylic acids is 2. The van der Waals surface area contributed by atoms with Crippen molar-refractivity contribution in [3.8, 4) is 0 Å². The lowest BCUT2D eigenvalue weighted by molar-refractivity contribution is -0.132. The quantitative estimate of drug-likeness (QED) is 0.366. The lowest BCUT2D eigenvalue weighted by atomic mass is 10.3. The van der Waals surface area contributed by atoms with Crippen molar-refractivity contribution in [1.82, 2.24) is 0 Å². The third-order valence-electron chi connectivity index (χ3n) is 0.731. The van der Waals surface area contributed by atoms with Crippen LogP contribution in [-0.2, 0) is 9.59 Å². The van der Waals surface area contributed by atoms with Crippen LogP contribution in [0.15, 0.2) is 24.8 Å². The van der Waals surface area contributed by atoms with Crippen molar-refractivity contribution in [2.45, 2.75) is 6.92 Å². The van der Waals surface area contributed by atoms with Gasteiger partial charge in [0.2, 0.25) is 5.78 Å². The highest BCUT2D eigenvalue weighted by Gasteiger charge is 1.99. The number of hydrogen-bond donors (Lipinski definition) is 1. The van der Waals surface area contributed by atoms with E-state index in [-0.39, 0.29) is 0 Å². The van der Waals surface area contributed by atoms with Crippen molar-refractivity contribution in [3.63, 3.8) is 0 Å². The second-order valence-electron chi connectivity index (χ2n) is 1.52. The van der Waals surface area contributed by atoms with Crippen molar-refractivity contribution in [2.75, 3.05) is 7.05 Å². The molecule has 62 valence electrons. The minimum absolute atomic E-state index is 0.451. The van der Waals surface area contributed by atoms with Crippen molar-refractivity contribution >= 4 is 11.6 Å². The zero-order valence-corrected chi connectivity index (χ0v) is 6.83. The SMILES string of the molecule is C=C/C=C\C(=O)C(C)=O.CN. The first kappa shape index (κ1) is 12.5. The Hall–Kier alpha value is -1.22. The normalized spacial score (nSPS) is 8.27. The average molecular weight is 155 g/mol. The molecule has 0 saturated heterocycles. The molecule has 0 saturated carbocycles. The third kappa shape index (κ3) is 8.78. The van der Waals surface area contributed by atoms with Gasteiger partial charge in [-0.25, -0.2) is 0 Å². The first-order valence-electron chi connectivity index (χ1n) is 3.10. The van der Waals surface area contributed by atoms with Crippen LogP contribution in [0, 0.1) is 0 Å². The van der Waals surface area contributed by atoms with E-state index in [1.165, 1.54) is 32.2 Å². The number of carbonyl (C=O) groups is 2. The van der Waals surface area contributed by atoms with E-state index in [1.807, 2.05) is 0 Å². The Balaban J connectivity index is 0. The van der Waals surface area contributed by atoms with Crippen LogP contribution >= 0.6 is 0 Å². The summed E-state index contributed by atoms with van der Waals surface area (Å²) in [4.78, 5) is 20.6. The standard InChI is InChI=1S/C7H8O2.CH5N/c1-3-4-5-7(9)6(2)8;1-2/h3-5H,1H2,2H3;2H2,1H3/b5-4-;. The molecular formula is C8H13NO2. The predicted octanol–water partition coefficient (Wildman–Crippen LogP) is 0.462. The number of hydrogen-bond acceptors (Lipinski definition) is 3. The maximum Gasteiger partial charge on any atom is 0.221 e. The predicted molar refractivity (Wildman–Crippen MR) is 45.1 cm³/mol. The fourth-order valence-corrected chi connectivity index (χ4v) is 0.273. The summed E-state index contributed by atoms with van der Waals surface area (Å²) < 4.78 is 0. The van der Waals surface area contributed by atoms with Gasteiger partial charge in [-0.05, 0) is 13.1 Å². The summed E-state index contributed by atoms with van der Waals surface area (Å²) in [5.41, 5.74) is 4.50. The summed E-state index contributed by atoms with van der Waals surface area (Å²) in [6.45, 7) is 4.57. The van der Waals surface area contributed by atoms with Gasteiger partial charge in [0, 0.05) is 6.92 Å². The van der Waals surface area contributed by atoms with Crippen LogP contribution in [0.4, 0.5) is 0 Å². The summed E-state index contributed by atoms with van der Waals surface area (Å²) in [6.07, 6.45) is 4.07. The minimum Gasteiger partial charge on any atom is -0.333 e. The van der Waals surface area contributed by atoms with Crippen LogP contribution in [-0.4, -0.2) is 18.6 Å². The fraction of sp³-hybridized carbons (Fsp3) is 0.250. The number of allylic oxidation sites excluding steroid dienone is 3. The van der Waals surface area contributed by atoms with Gasteiger partial charge in [-0.2, -0.15) is 0 Å². The number of Topliss-reactive ketones (excluding diaryl/α,β-unsaturated/α-hetero) is 1. The molecule has 0 rings (SSSR count). The highest BCUT2D eigenvalue weighted by molar-refractivity contribution is 6.40. The van der Waals surface area contributed by atoms with E-state index in [2.05, 4.69) is 12.3 Å². The average Bonchev–Trinajstić information content (AvgIpc) is 2.03. The molecule has 0 aromatic carbocycles. The lowest BCUT2D eigenvalue weighted by Gasteiger charge is -1.79. The number of nitrogens with two attached hydrogens (primary N) is 1. The zero-order chi connectivity index (χ0) is 9.28. The highest BCUT2D eigenvalue weighted by Crippen LogP contribution is 1.78. The van der Waals surface area contributed by atoms with Gasteiger partial charge in [-0.1, -0.05) is 18.7 Å². The highest BCUT2D eigenvalue weighted by atomic mass is 16.2. The van der Waals surface area contributed by atoms with E-state index in [0.29, 0.717) is 0 Å². The first-order valence-corrected chi connectivity index (χ1v) is 3.10. The summed E-state index contributed by atoms with van der Waals surface area (Å²) in [6, 6.07) is 0. The third-order valence-corrected chi connectivity index (χ3v) is 0.731. The second kappa shape index (κ2) is 8.78. The van der Waals surface area contributed by atoms with Crippen LogP contribution in [0.3, 0.4) is 0 Å². The Kier molecular flexibility index (Phi) is 9.94. The molecule has 3 nitrogen and oxygen atoms in total. The maximum absolute atomic E-state index is 10.4. The molecule has 0 radical (unpaired) electrons. The molecule has 11 heavy (non-hydrogen) atoms. The van der Waals surface area contributed by atoms with Gasteiger partial charge in [0.05, 0.1) is 0 Å². The Morgan fingerprint density at radius 3 is 2.09 bits per heavy atom. The summed E-state index contributed by atoms with van der Waals surface area (Å²) in [5.74, 6) is -0.942. The van der Waals surface area contributed by atoms with E-state index in [9.17, 15) is 9.59 Å². The summed E-state index contributed by atoms with van der Waals surface area (Å²) >= 11 is 0. The molecule has 0 unspecified atom stereocenters. The maximum atomic E-state index is 10.4. The Bertz CT molecular complexity index is 171. The van der Waals surface area contributed by atoms with E-state index in [1.54, 1.807) is 0 Å². The van der Waals surface area contributed by atoms with Crippen molar-refractivity contribution in [3.05, 3.63) is 24.8 Å². The van der Waals surface area contributed by atoms with Crippen molar-refractivity contribution < 1.29 is 9.59 Å².